The molecule has 5 rings (SSSR count). The molecule has 44 heavy (non-hydrogen) atoms. The van der Waals surface area contributed by atoms with E-state index in [-0.39, 0.29) is 17.7 Å². The predicted molar refractivity (Wildman–Crippen MR) is 175 cm³/mol. The lowest BCUT2D eigenvalue weighted by atomic mass is 9.86. The molecule has 0 spiro atoms. The van der Waals surface area contributed by atoms with E-state index in [9.17, 15) is 14.7 Å². The maximum atomic E-state index is 11.9. The summed E-state index contributed by atoms with van der Waals surface area (Å²) in [4.78, 5) is 32.4. The second-order valence-electron chi connectivity index (χ2n) is 11.6. The summed E-state index contributed by atoms with van der Waals surface area (Å²) in [5.41, 5.74) is 9.06. The maximum Gasteiger partial charge on any atom is 0.409 e. The van der Waals surface area contributed by atoms with E-state index in [0.29, 0.717) is 36.9 Å². The van der Waals surface area contributed by atoms with Gasteiger partial charge < -0.3 is 25.0 Å². The molecule has 230 valence electrons. The van der Waals surface area contributed by atoms with E-state index in [1.54, 1.807) is 4.90 Å². The first-order valence-corrected chi connectivity index (χ1v) is 15.4. The SMILES string of the molecule is C=C/C(C(=O)O)=C(/CC)N(C)c1cccc(-c2cccc3c2C(Nc2ccc(C4CCN(C(=O)OC)CC4)c(C)c2)CC3)n1. The van der Waals surface area contributed by atoms with Gasteiger partial charge >= 0.3 is 12.1 Å². The molecule has 3 aromatic rings. The van der Waals surface area contributed by atoms with E-state index in [1.165, 1.54) is 35.4 Å². The average Bonchev–Trinajstić information content (AvgIpc) is 3.45. The molecular formula is C36H42N4O4. The quantitative estimate of drug-likeness (QED) is 0.196. The summed E-state index contributed by atoms with van der Waals surface area (Å²) in [5, 5.41) is 13.5. The maximum absolute atomic E-state index is 11.9. The standard InChI is InChI=1S/C36H42N4O4/c1-6-27(35(41)42)32(7-2)39(4)33-13-9-12-30(38-33)29-11-8-10-25-14-17-31(34(25)29)37-26-15-16-28(23(3)22-26)24-18-20-40(21-19-24)36(43)44-5/h6,8-13,15-16,22,24,31,37H,1,7,14,17-21H2,2-5H3,(H,41,42)/b32-27+. The molecule has 0 saturated carbocycles. The number of fused-ring (bicyclic) bond motifs is 1. The summed E-state index contributed by atoms with van der Waals surface area (Å²) in [5.74, 6) is 0.118. The number of anilines is 2. The number of ether oxygens (including phenoxy) is 1. The summed E-state index contributed by atoms with van der Waals surface area (Å²) >= 11 is 0. The number of allylic oxidation sites excluding steroid dienone is 1. The van der Waals surface area contributed by atoms with E-state index >= 15 is 0 Å². The number of aliphatic carboxylic acids is 1. The number of nitrogens with zero attached hydrogens (tertiary/aromatic N) is 3. The van der Waals surface area contributed by atoms with Gasteiger partial charge in [-0.2, -0.15) is 0 Å². The molecule has 8 nitrogen and oxygen atoms in total. The number of carboxylic acids is 1. The molecule has 1 amide bonds. The molecule has 1 fully saturated rings. The van der Waals surface area contributed by atoms with Crippen LogP contribution < -0.4 is 10.2 Å². The first kappa shape index (κ1) is 30.9. The lowest BCUT2D eigenvalue weighted by Crippen LogP contribution is -2.37. The first-order valence-electron chi connectivity index (χ1n) is 15.4. The molecule has 1 aromatic heterocycles. The van der Waals surface area contributed by atoms with Crippen LogP contribution in [0.2, 0.25) is 0 Å². The van der Waals surface area contributed by atoms with Crippen LogP contribution in [-0.4, -0.2) is 54.3 Å². The van der Waals surface area contributed by atoms with Crippen LogP contribution in [0.15, 0.2) is 78.5 Å². The molecule has 1 unspecified atom stereocenters. The lowest BCUT2D eigenvalue weighted by Gasteiger charge is -2.32. The highest BCUT2D eigenvalue weighted by molar-refractivity contribution is 5.91. The molecular weight excluding hydrogens is 552 g/mol. The van der Waals surface area contributed by atoms with Crippen LogP contribution >= 0.6 is 0 Å². The number of methoxy groups -OCH3 is 1. The second-order valence-corrected chi connectivity index (χ2v) is 11.6. The number of likely N-dealkylation sites (tertiary alicyclic amines) is 1. The Morgan fingerprint density at radius 3 is 2.55 bits per heavy atom. The summed E-state index contributed by atoms with van der Waals surface area (Å²) in [6, 6.07) is 19.1. The van der Waals surface area contributed by atoms with Crippen molar-refractivity contribution in [1.82, 2.24) is 9.88 Å². The summed E-state index contributed by atoms with van der Waals surface area (Å²) < 4.78 is 4.89. The van der Waals surface area contributed by atoms with Crippen LogP contribution in [0.4, 0.5) is 16.3 Å². The molecule has 1 saturated heterocycles. The third-order valence-corrected chi connectivity index (χ3v) is 9.06. The highest BCUT2D eigenvalue weighted by Gasteiger charge is 2.28. The van der Waals surface area contributed by atoms with Crippen LogP contribution in [0.1, 0.15) is 66.8 Å². The van der Waals surface area contributed by atoms with E-state index in [0.717, 1.165) is 42.6 Å². The van der Waals surface area contributed by atoms with Gasteiger partial charge in [-0.05, 0) is 91.5 Å². The Bertz CT molecular complexity index is 1590. The second kappa shape index (κ2) is 13.4. The Balaban J connectivity index is 1.38. The molecule has 0 bridgehead atoms. The van der Waals surface area contributed by atoms with Gasteiger partial charge in [0.05, 0.1) is 24.4 Å². The van der Waals surface area contributed by atoms with E-state index in [2.05, 4.69) is 55.2 Å². The van der Waals surface area contributed by atoms with Crippen LogP contribution in [0, 0.1) is 6.92 Å². The van der Waals surface area contributed by atoms with Gasteiger partial charge in [0, 0.05) is 37.1 Å². The molecule has 2 aliphatic rings. The minimum atomic E-state index is -0.998. The number of aromatic nitrogens is 1. The van der Waals surface area contributed by atoms with Crippen molar-refractivity contribution in [1.29, 1.82) is 0 Å². The number of pyridine rings is 1. The third kappa shape index (κ3) is 6.20. The van der Waals surface area contributed by atoms with Crippen molar-refractivity contribution in [2.75, 3.05) is 37.5 Å². The number of aryl methyl sites for hydroxylation is 2. The van der Waals surface area contributed by atoms with Crippen LogP contribution in [0.25, 0.3) is 11.3 Å². The molecule has 1 atom stereocenters. The van der Waals surface area contributed by atoms with Gasteiger partial charge in [0.2, 0.25) is 0 Å². The van der Waals surface area contributed by atoms with Crippen molar-refractivity contribution >= 4 is 23.6 Å². The van der Waals surface area contributed by atoms with Gasteiger partial charge in [0.25, 0.3) is 0 Å². The third-order valence-electron chi connectivity index (χ3n) is 9.06. The molecule has 1 aliphatic heterocycles. The van der Waals surface area contributed by atoms with Gasteiger partial charge in [-0.1, -0.05) is 49.9 Å². The first-order chi connectivity index (χ1) is 21.2. The van der Waals surface area contributed by atoms with Gasteiger partial charge in [-0.3, -0.25) is 0 Å². The zero-order chi connectivity index (χ0) is 31.4. The highest BCUT2D eigenvalue weighted by Crippen LogP contribution is 2.41. The fourth-order valence-corrected chi connectivity index (χ4v) is 6.82. The van der Waals surface area contributed by atoms with Gasteiger partial charge in [-0.15, -0.1) is 0 Å². The Morgan fingerprint density at radius 2 is 1.89 bits per heavy atom. The fourth-order valence-electron chi connectivity index (χ4n) is 6.82. The highest BCUT2D eigenvalue weighted by atomic mass is 16.5. The van der Waals surface area contributed by atoms with Crippen molar-refractivity contribution in [3.8, 4) is 11.3 Å². The van der Waals surface area contributed by atoms with Gasteiger partial charge in [-0.25, -0.2) is 14.6 Å². The lowest BCUT2D eigenvalue weighted by molar-refractivity contribution is -0.132. The molecule has 2 aromatic carbocycles. The molecule has 2 N–H and O–H groups in total. The van der Waals surface area contributed by atoms with Crippen LogP contribution in [0.3, 0.4) is 0 Å². The van der Waals surface area contributed by atoms with E-state index in [1.807, 2.05) is 37.1 Å². The van der Waals surface area contributed by atoms with Crippen LogP contribution in [0.5, 0.6) is 0 Å². The Kier molecular flexibility index (Phi) is 9.37. The number of nitrogens with one attached hydrogen (secondary N) is 1. The van der Waals surface area contributed by atoms with Crippen molar-refractivity contribution in [3.63, 3.8) is 0 Å². The number of carboxylic acid groups (broad SMARTS) is 1. The monoisotopic (exact) mass is 594 g/mol. The number of carbonyl (C=O) groups is 2. The average molecular weight is 595 g/mol. The minimum Gasteiger partial charge on any atom is -0.478 e. The number of rotatable bonds is 9. The number of carbonyl (C=O) groups excluding carboxylic acids is 1. The topological polar surface area (TPSA) is 95.0 Å². The Hall–Kier alpha value is -4.59. The number of piperidine rings is 1. The van der Waals surface area contributed by atoms with E-state index in [4.69, 9.17) is 9.72 Å². The smallest absolute Gasteiger partial charge is 0.409 e. The van der Waals surface area contributed by atoms with Crippen molar-refractivity contribution < 1.29 is 19.4 Å². The largest absolute Gasteiger partial charge is 0.478 e. The van der Waals surface area contributed by atoms with Gasteiger partial charge in [0.15, 0.2) is 0 Å². The number of benzene rings is 2. The summed E-state index contributed by atoms with van der Waals surface area (Å²) in [7, 11) is 3.29. The van der Waals surface area contributed by atoms with Crippen molar-refractivity contribution in [2.24, 2.45) is 0 Å². The predicted octanol–water partition coefficient (Wildman–Crippen LogP) is 7.47. The zero-order valence-corrected chi connectivity index (χ0v) is 26.1. The molecule has 2 heterocycles. The summed E-state index contributed by atoms with van der Waals surface area (Å²) in [6.45, 7) is 9.25. The number of hydrogen-bond acceptors (Lipinski definition) is 6. The minimum absolute atomic E-state index is 0.142. The summed E-state index contributed by atoms with van der Waals surface area (Å²) in [6.07, 6.45) is 5.53. The van der Waals surface area contributed by atoms with Gasteiger partial charge in [0.1, 0.15) is 5.82 Å². The Labute approximate surface area is 260 Å². The number of hydrogen-bond donors (Lipinski definition) is 2. The molecule has 8 heteroatoms. The molecule has 1 aliphatic carbocycles. The number of amides is 1. The zero-order valence-electron chi connectivity index (χ0n) is 26.1. The van der Waals surface area contributed by atoms with E-state index < -0.39 is 5.97 Å². The fraction of sp³-hybridized carbons (Fsp3) is 0.361. The molecule has 0 radical (unpaired) electrons. The van der Waals surface area contributed by atoms with Crippen LogP contribution in [-0.2, 0) is 16.0 Å². The van der Waals surface area contributed by atoms with Crippen molar-refractivity contribution in [3.05, 3.63) is 101 Å². The Morgan fingerprint density at radius 1 is 1.14 bits per heavy atom. The van der Waals surface area contributed by atoms with Crippen molar-refractivity contribution in [2.45, 2.75) is 57.9 Å². The normalized spacial score (nSPS) is 17.0.